The number of carbonyl (C=O) groups excluding carboxylic acids is 1. The van der Waals surface area contributed by atoms with Crippen molar-refractivity contribution in [1.82, 2.24) is 30.4 Å². The zero-order chi connectivity index (χ0) is 28.2. The van der Waals surface area contributed by atoms with E-state index in [0.29, 0.717) is 25.5 Å². The summed E-state index contributed by atoms with van der Waals surface area (Å²) in [7, 11) is 0. The predicted octanol–water partition coefficient (Wildman–Crippen LogP) is 4.32. The van der Waals surface area contributed by atoms with Gasteiger partial charge in [0.25, 0.3) is 11.8 Å². The first kappa shape index (κ1) is 27.7. The largest absolute Gasteiger partial charge is 0.490 e. The van der Waals surface area contributed by atoms with Gasteiger partial charge in [0.1, 0.15) is 29.7 Å². The summed E-state index contributed by atoms with van der Waals surface area (Å²) >= 11 is 0. The van der Waals surface area contributed by atoms with Gasteiger partial charge in [0.15, 0.2) is 5.82 Å². The van der Waals surface area contributed by atoms with Gasteiger partial charge in [-0.1, -0.05) is 0 Å². The number of aromatic nitrogens is 4. The van der Waals surface area contributed by atoms with Gasteiger partial charge in [0, 0.05) is 69.3 Å². The minimum Gasteiger partial charge on any atom is -0.490 e. The van der Waals surface area contributed by atoms with Crippen molar-refractivity contribution in [2.75, 3.05) is 31.1 Å². The van der Waals surface area contributed by atoms with E-state index in [2.05, 4.69) is 37.3 Å². The second-order valence-corrected chi connectivity index (χ2v) is 10.4. The number of piperidine rings is 1. The molecule has 0 aliphatic carbocycles. The fourth-order valence-electron chi connectivity index (χ4n) is 5.44. The highest BCUT2D eigenvalue weighted by atomic mass is 19.1. The van der Waals surface area contributed by atoms with Crippen molar-refractivity contribution in [1.29, 1.82) is 0 Å². The minimum absolute atomic E-state index is 0.0495. The summed E-state index contributed by atoms with van der Waals surface area (Å²) < 4.78 is 26.8. The Morgan fingerprint density at radius 1 is 1.20 bits per heavy atom. The molecule has 40 heavy (non-hydrogen) atoms. The first-order valence-corrected chi connectivity index (χ1v) is 13.9. The number of nitrogens with zero attached hydrogens (tertiary/aromatic N) is 6. The molecule has 11 heteroatoms. The first-order chi connectivity index (χ1) is 19.4. The number of anilines is 1. The minimum atomic E-state index is -0.518. The summed E-state index contributed by atoms with van der Waals surface area (Å²) in [6.07, 6.45) is 5.70. The van der Waals surface area contributed by atoms with Crippen LogP contribution < -0.4 is 19.7 Å². The molecule has 1 N–H and O–H groups in total. The molecule has 212 valence electrons. The van der Waals surface area contributed by atoms with E-state index in [9.17, 15) is 9.18 Å². The highest BCUT2D eigenvalue weighted by Crippen LogP contribution is 2.35. The summed E-state index contributed by atoms with van der Waals surface area (Å²) in [5, 5.41) is 11.6. The van der Waals surface area contributed by atoms with E-state index in [4.69, 9.17) is 9.47 Å². The molecule has 5 rings (SSSR count). The normalized spacial score (nSPS) is 17.4. The lowest BCUT2D eigenvalue weighted by molar-refractivity contribution is 0.0713. The zero-order valence-electron chi connectivity index (χ0n) is 23.4. The molecule has 2 aromatic heterocycles. The van der Waals surface area contributed by atoms with Crippen molar-refractivity contribution >= 4 is 11.7 Å². The highest BCUT2D eigenvalue weighted by Gasteiger charge is 2.29. The van der Waals surface area contributed by atoms with Crippen LogP contribution in [-0.2, 0) is 6.42 Å². The number of benzene rings is 1. The third-order valence-electron chi connectivity index (χ3n) is 7.49. The molecule has 1 atom stereocenters. The molecule has 1 amide bonds. The molecule has 3 aromatic rings. The van der Waals surface area contributed by atoms with E-state index in [1.807, 2.05) is 33.0 Å². The Hall–Kier alpha value is -3.86. The van der Waals surface area contributed by atoms with Crippen LogP contribution in [0.2, 0.25) is 0 Å². The number of carbonyl (C=O) groups is 1. The summed E-state index contributed by atoms with van der Waals surface area (Å²) in [4.78, 5) is 26.0. The molecule has 2 aliphatic heterocycles. The van der Waals surface area contributed by atoms with E-state index >= 15 is 0 Å². The maximum atomic E-state index is 14.2. The second kappa shape index (κ2) is 12.1. The van der Waals surface area contributed by atoms with Crippen LogP contribution in [0.4, 0.5) is 10.2 Å². The maximum Gasteiger partial charge on any atom is 0.282 e. The van der Waals surface area contributed by atoms with Crippen LogP contribution >= 0.6 is 0 Å². The lowest BCUT2D eigenvalue weighted by Crippen LogP contribution is -2.39. The number of amides is 1. The maximum absolute atomic E-state index is 14.2. The Kier molecular flexibility index (Phi) is 8.39. The number of fused-ring (bicyclic) bond motifs is 1. The number of hydrogen-bond acceptors (Lipinski definition) is 9. The van der Waals surface area contributed by atoms with Crippen molar-refractivity contribution in [2.24, 2.45) is 0 Å². The molecule has 4 heterocycles. The third-order valence-corrected chi connectivity index (χ3v) is 7.49. The Balaban J connectivity index is 1.31. The highest BCUT2D eigenvalue weighted by molar-refractivity contribution is 5.97. The summed E-state index contributed by atoms with van der Waals surface area (Å²) in [6.45, 7) is 10.6. The number of halogens is 1. The fourth-order valence-corrected chi connectivity index (χ4v) is 5.44. The van der Waals surface area contributed by atoms with Crippen LogP contribution in [0.15, 0.2) is 36.8 Å². The van der Waals surface area contributed by atoms with Gasteiger partial charge in [0.05, 0.1) is 11.3 Å². The first-order valence-electron chi connectivity index (χ1n) is 13.9. The molecule has 1 fully saturated rings. The van der Waals surface area contributed by atoms with Gasteiger partial charge in [-0.2, -0.15) is 0 Å². The molecule has 0 unspecified atom stereocenters. The number of pyridine rings is 1. The van der Waals surface area contributed by atoms with Gasteiger partial charge in [-0.3, -0.25) is 9.78 Å². The average Bonchev–Trinajstić information content (AvgIpc) is 2.95. The SMILES string of the molecule is CCN(C(=O)c1cc(F)ccc1Oc1nncnc1N1CCC(Oc2ccnc3c2[C@@H](C)NCC3)CC1)C(C)C. The van der Waals surface area contributed by atoms with E-state index in [1.54, 1.807) is 4.90 Å². The van der Waals surface area contributed by atoms with Gasteiger partial charge < -0.3 is 24.6 Å². The lowest BCUT2D eigenvalue weighted by Gasteiger charge is -2.34. The molecule has 1 aromatic carbocycles. The number of nitrogens with one attached hydrogen (secondary N) is 1. The zero-order valence-corrected chi connectivity index (χ0v) is 23.4. The summed E-state index contributed by atoms with van der Waals surface area (Å²) in [5.74, 6) is 0.955. The van der Waals surface area contributed by atoms with Crippen LogP contribution in [0.25, 0.3) is 0 Å². The van der Waals surface area contributed by atoms with E-state index in [-0.39, 0.29) is 41.3 Å². The standard InChI is InChI=1S/C29H36FN7O3/c1-5-37(18(2)3)29(38)22-16-20(30)6-7-24(22)40-28-27(33-17-34-35-28)36-14-10-21(11-15-36)39-25-9-13-32-23-8-12-31-19(4)26(23)25/h6-7,9,13,16-19,21,31H,5,8,10-12,14-15H2,1-4H3/t19-/m1/s1. The van der Waals surface area contributed by atoms with Gasteiger partial charge >= 0.3 is 0 Å². The Morgan fingerprint density at radius 2 is 2.00 bits per heavy atom. The number of rotatable bonds is 8. The lowest BCUT2D eigenvalue weighted by atomic mass is 9.99. The van der Waals surface area contributed by atoms with Gasteiger partial charge in [-0.05, 0) is 52.0 Å². The number of ether oxygens (including phenoxy) is 2. The van der Waals surface area contributed by atoms with Crippen LogP contribution in [0.1, 0.15) is 68.2 Å². The smallest absolute Gasteiger partial charge is 0.282 e. The van der Waals surface area contributed by atoms with Crippen molar-refractivity contribution in [3.63, 3.8) is 0 Å². The monoisotopic (exact) mass is 549 g/mol. The molecule has 1 saturated heterocycles. The second-order valence-electron chi connectivity index (χ2n) is 10.4. The molecule has 2 aliphatic rings. The van der Waals surface area contributed by atoms with Gasteiger partial charge in [0.2, 0.25) is 0 Å². The van der Waals surface area contributed by atoms with Crippen LogP contribution in [0, 0.1) is 5.82 Å². The predicted molar refractivity (Wildman–Crippen MR) is 148 cm³/mol. The van der Waals surface area contributed by atoms with Crippen molar-refractivity contribution < 1.29 is 18.7 Å². The van der Waals surface area contributed by atoms with Crippen molar-refractivity contribution in [3.05, 3.63) is 59.4 Å². The third kappa shape index (κ3) is 5.84. The van der Waals surface area contributed by atoms with E-state index < -0.39 is 5.82 Å². The van der Waals surface area contributed by atoms with Crippen LogP contribution in [0.5, 0.6) is 17.4 Å². The van der Waals surface area contributed by atoms with E-state index in [0.717, 1.165) is 42.8 Å². The molecular formula is C29H36FN7O3. The van der Waals surface area contributed by atoms with Crippen LogP contribution in [0.3, 0.4) is 0 Å². The topological polar surface area (TPSA) is 106 Å². The number of hydrogen-bond donors (Lipinski definition) is 1. The summed E-state index contributed by atoms with van der Waals surface area (Å²) in [5.41, 5.74) is 2.38. The molecule has 0 saturated carbocycles. The molecule has 10 nitrogen and oxygen atoms in total. The Bertz CT molecular complexity index is 1350. The summed E-state index contributed by atoms with van der Waals surface area (Å²) in [6, 6.07) is 6.01. The molecule has 0 bridgehead atoms. The van der Waals surface area contributed by atoms with Gasteiger partial charge in [-0.15, -0.1) is 10.2 Å². The average molecular weight is 550 g/mol. The van der Waals surface area contributed by atoms with Crippen LogP contribution in [-0.4, -0.2) is 69.3 Å². The molecule has 0 radical (unpaired) electrons. The van der Waals surface area contributed by atoms with Crippen molar-refractivity contribution in [3.8, 4) is 17.4 Å². The Morgan fingerprint density at radius 3 is 2.75 bits per heavy atom. The van der Waals surface area contributed by atoms with Crippen molar-refractivity contribution in [2.45, 2.75) is 65.1 Å². The molecule has 0 spiro atoms. The Labute approximate surface area is 233 Å². The molecular weight excluding hydrogens is 513 g/mol. The van der Waals surface area contributed by atoms with E-state index in [1.165, 1.54) is 24.5 Å². The van der Waals surface area contributed by atoms with Gasteiger partial charge in [-0.25, -0.2) is 9.37 Å². The fraction of sp³-hybridized carbons (Fsp3) is 0.483. The quantitative estimate of drug-likeness (QED) is 0.440.